The fourth-order valence-corrected chi connectivity index (χ4v) is 3.01. The van der Waals surface area contributed by atoms with Gasteiger partial charge in [0, 0.05) is 12.1 Å². The third kappa shape index (κ3) is 3.55. The lowest BCUT2D eigenvalue weighted by Crippen LogP contribution is -2.36. The number of rotatable bonds is 4. The Morgan fingerprint density at radius 3 is 2.28 bits per heavy atom. The molecule has 2 heteroatoms. The summed E-state index contributed by atoms with van der Waals surface area (Å²) >= 11 is 0. The van der Waals surface area contributed by atoms with Crippen LogP contribution in [0.4, 0.5) is 4.39 Å². The summed E-state index contributed by atoms with van der Waals surface area (Å²) < 4.78 is 12.9. The molecule has 1 saturated carbocycles. The molecule has 18 heavy (non-hydrogen) atoms. The van der Waals surface area contributed by atoms with E-state index in [0.29, 0.717) is 12.1 Å². The predicted molar refractivity (Wildman–Crippen MR) is 74.0 cm³/mol. The monoisotopic (exact) mass is 249 g/mol. The standard InChI is InChI=1S/C16H24FN/c1-12(14-6-4-3-5-7-14)18-13(2)15-8-10-16(17)11-9-15/h8-14,18H,3-7H2,1-2H3/t12-,13?/m0/s1. The average Bonchev–Trinajstić information content (AvgIpc) is 2.40. The fourth-order valence-electron chi connectivity index (χ4n) is 3.01. The molecule has 0 bridgehead atoms. The highest BCUT2D eigenvalue weighted by Gasteiger charge is 2.21. The molecule has 2 atom stereocenters. The van der Waals surface area contributed by atoms with Gasteiger partial charge in [0.2, 0.25) is 0 Å². The number of halogens is 1. The lowest BCUT2D eigenvalue weighted by molar-refractivity contribution is 0.268. The van der Waals surface area contributed by atoms with Crippen molar-refractivity contribution >= 4 is 0 Å². The molecule has 0 saturated heterocycles. The van der Waals surface area contributed by atoms with Crippen LogP contribution in [0.3, 0.4) is 0 Å². The van der Waals surface area contributed by atoms with Gasteiger partial charge in [-0.1, -0.05) is 31.4 Å². The minimum Gasteiger partial charge on any atom is -0.307 e. The number of nitrogens with one attached hydrogen (secondary N) is 1. The van der Waals surface area contributed by atoms with Gasteiger partial charge in [0.25, 0.3) is 0 Å². The van der Waals surface area contributed by atoms with Crippen molar-refractivity contribution in [1.82, 2.24) is 5.32 Å². The van der Waals surface area contributed by atoms with Crippen molar-refractivity contribution in [2.24, 2.45) is 5.92 Å². The molecule has 0 heterocycles. The smallest absolute Gasteiger partial charge is 0.123 e. The molecule has 2 rings (SSSR count). The topological polar surface area (TPSA) is 12.0 Å². The number of hydrogen-bond donors (Lipinski definition) is 1. The Morgan fingerprint density at radius 2 is 1.67 bits per heavy atom. The summed E-state index contributed by atoms with van der Waals surface area (Å²) in [6.45, 7) is 4.45. The van der Waals surface area contributed by atoms with E-state index in [0.717, 1.165) is 5.92 Å². The molecule has 1 N–H and O–H groups in total. The first-order valence-corrected chi connectivity index (χ1v) is 7.18. The molecule has 1 aromatic carbocycles. The van der Waals surface area contributed by atoms with Crippen LogP contribution in [0, 0.1) is 11.7 Å². The molecular weight excluding hydrogens is 225 g/mol. The van der Waals surface area contributed by atoms with Crippen molar-refractivity contribution in [3.05, 3.63) is 35.6 Å². The summed E-state index contributed by atoms with van der Waals surface area (Å²) in [6.07, 6.45) is 6.86. The summed E-state index contributed by atoms with van der Waals surface area (Å²) in [7, 11) is 0. The van der Waals surface area contributed by atoms with Gasteiger partial charge in [-0.05, 0) is 50.3 Å². The molecule has 1 nitrogen and oxygen atoms in total. The maximum Gasteiger partial charge on any atom is 0.123 e. The van der Waals surface area contributed by atoms with Gasteiger partial charge in [-0.2, -0.15) is 0 Å². The van der Waals surface area contributed by atoms with Gasteiger partial charge in [0.15, 0.2) is 0 Å². The van der Waals surface area contributed by atoms with Crippen molar-refractivity contribution in [2.75, 3.05) is 0 Å². The van der Waals surface area contributed by atoms with E-state index in [-0.39, 0.29) is 5.82 Å². The first-order chi connectivity index (χ1) is 8.66. The molecule has 1 fully saturated rings. The number of hydrogen-bond acceptors (Lipinski definition) is 1. The molecule has 0 aliphatic heterocycles. The Labute approximate surface area is 110 Å². The van der Waals surface area contributed by atoms with Crippen LogP contribution in [0.15, 0.2) is 24.3 Å². The molecule has 1 aliphatic carbocycles. The Morgan fingerprint density at radius 1 is 1.06 bits per heavy atom. The second-order valence-electron chi connectivity index (χ2n) is 5.63. The Kier molecular flexibility index (Phi) is 4.76. The van der Waals surface area contributed by atoms with E-state index in [1.807, 2.05) is 12.1 Å². The zero-order valence-electron chi connectivity index (χ0n) is 11.5. The SMILES string of the molecule is CC(N[C@@H](C)C1CCCCC1)c1ccc(F)cc1. The van der Waals surface area contributed by atoms with E-state index in [1.165, 1.54) is 37.7 Å². The van der Waals surface area contributed by atoms with E-state index in [1.54, 1.807) is 12.1 Å². The molecule has 0 radical (unpaired) electrons. The van der Waals surface area contributed by atoms with Crippen LogP contribution in [0.5, 0.6) is 0 Å². The Hall–Kier alpha value is -0.890. The lowest BCUT2D eigenvalue weighted by atomic mass is 9.84. The third-order valence-corrected chi connectivity index (χ3v) is 4.24. The van der Waals surface area contributed by atoms with Crippen LogP contribution in [0.1, 0.15) is 57.6 Å². The van der Waals surface area contributed by atoms with Gasteiger partial charge >= 0.3 is 0 Å². The maximum atomic E-state index is 12.9. The van der Waals surface area contributed by atoms with Gasteiger partial charge in [-0.15, -0.1) is 0 Å². The molecule has 1 unspecified atom stereocenters. The van der Waals surface area contributed by atoms with Crippen LogP contribution >= 0.6 is 0 Å². The Bertz CT molecular complexity index is 354. The zero-order valence-corrected chi connectivity index (χ0v) is 11.5. The second-order valence-corrected chi connectivity index (χ2v) is 5.63. The van der Waals surface area contributed by atoms with Crippen LogP contribution in [0.25, 0.3) is 0 Å². The van der Waals surface area contributed by atoms with Crippen LogP contribution in [-0.2, 0) is 0 Å². The van der Waals surface area contributed by atoms with Crippen LogP contribution < -0.4 is 5.32 Å². The van der Waals surface area contributed by atoms with Crippen molar-refractivity contribution in [3.63, 3.8) is 0 Å². The second kappa shape index (κ2) is 6.33. The molecule has 1 aromatic rings. The van der Waals surface area contributed by atoms with E-state index in [9.17, 15) is 4.39 Å². The van der Waals surface area contributed by atoms with Crippen LogP contribution in [-0.4, -0.2) is 6.04 Å². The normalized spacial score (nSPS) is 20.6. The van der Waals surface area contributed by atoms with Crippen molar-refractivity contribution in [1.29, 1.82) is 0 Å². The minimum atomic E-state index is -0.161. The summed E-state index contributed by atoms with van der Waals surface area (Å²) in [4.78, 5) is 0. The van der Waals surface area contributed by atoms with Crippen molar-refractivity contribution in [3.8, 4) is 0 Å². The molecule has 1 aliphatic rings. The summed E-state index contributed by atoms with van der Waals surface area (Å²) in [6, 6.07) is 7.67. The van der Waals surface area contributed by atoms with E-state index < -0.39 is 0 Å². The first kappa shape index (κ1) is 13.5. The van der Waals surface area contributed by atoms with E-state index >= 15 is 0 Å². The van der Waals surface area contributed by atoms with Gasteiger partial charge in [-0.25, -0.2) is 4.39 Å². The molecular formula is C16H24FN. The van der Waals surface area contributed by atoms with E-state index in [4.69, 9.17) is 0 Å². The van der Waals surface area contributed by atoms with E-state index in [2.05, 4.69) is 19.2 Å². The lowest BCUT2D eigenvalue weighted by Gasteiger charge is -2.30. The minimum absolute atomic E-state index is 0.161. The molecule has 100 valence electrons. The zero-order chi connectivity index (χ0) is 13.0. The maximum absolute atomic E-state index is 12.9. The van der Waals surface area contributed by atoms with Crippen LogP contribution in [0.2, 0.25) is 0 Å². The Balaban J connectivity index is 1.89. The molecule has 0 aromatic heterocycles. The molecule has 0 amide bonds. The predicted octanol–water partition coefficient (Wildman–Crippen LogP) is 4.45. The van der Waals surface area contributed by atoms with Gasteiger partial charge in [0.1, 0.15) is 5.82 Å². The quantitative estimate of drug-likeness (QED) is 0.831. The average molecular weight is 249 g/mol. The summed E-state index contributed by atoms with van der Waals surface area (Å²) in [5, 5.41) is 3.66. The van der Waals surface area contributed by atoms with Gasteiger partial charge < -0.3 is 5.32 Å². The summed E-state index contributed by atoms with van der Waals surface area (Å²) in [5.74, 6) is 0.646. The fraction of sp³-hybridized carbons (Fsp3) is 0.625. The molecule has 0 spiro atoms. The number of benzene rings is 1. The highest BCUT2D eigenvalue weighted by Crippen LogP contribution is 2.27. The van der Waals surface area contributed by atoms with Crippen molar-refractivity contribution < 1.29 is 4.39 Å². The third-order valence-electron chi connectivity index (χ3n) is 4.24. The van der Waals surface area contributed by atoms with Gasteiger partial charge in [0.05, 0.1) is 0 Å². The first-order valence-electron chi connectivity index (χ1n) is 7.18. The highest BCUT2D eigenvalue weighted by molar-refractivity contribution is 5.19. The largest absolute Gasteiger partial charge is 0.307 e. The summed E-state index contributed by atoms with van der Waals surface area (Å²) in [5.41, 5.74) is 1.17. The van der Waals surface area contributed by atoms with Gasteiger partial charge in [-0.3, -0.25) is 0 Å². The van der Waals surface area contributed by atoms with Crippen molar-refractivity contribution in [2.45, 2.75) is 58.0 Å². The highest BCUT2D eigenvalue weighted by atomic mass is 19.1.